The second-order valence-electron chi connectivity index (χ2n) is 7.78. The number of nitrogens with one attached hydrogen (secondary N) is 1. The van der Waals surface area contributed by atoms with Crippen molar-refractivity contribution in [3.8, 4) is 22.6 Å². The third kappa shape index (κ3) is 4.68. The molecule has 0 spiro atoms. The SMILES string of the molecule is CCCCn1nc(C(C)CC)nc1Cc1ccc(-c2ccccc2-c2nn[nH]n2)nc1. The lowest BCUT2D eigenvalue weighted by Gasteiger charge is -2.08. The van der Waals surface area contributed by atoms with Gasteiger partial charge in [-0.25, -0.2) is 9.67 Å². The van der Waals surface area contributed by atoms with Crippen LogP contribution in [0.2, 0.25) is 0 Å². The lowest BCUT2D eigenvalue weighted by atomic mass is 10.0. The van der Waals surface area contributed by atoms with Crippen molar-refractivity contribution in [2.24, 2.45) is 0 Å². The topological polar surface area (TPSA) is 98.1 Å². The van der Waals surface area contributed by atoms with Gasteiger partial charge in [0, 0.05) is 36.2 Å². The highest BCUT2D eigenvalue weighted by molar-refractivity contribution is 5.78. The van der Waals surface area contributed by atoms with Gasteiger partial charge in [0.2, 0.25) is 5.82 Å². The molecule has 8 heteroatoms. The molecule has 0 saturated heterocycles. The number of hydrogen-bond acceptors (Lipinski definition) is 6. The van der Waals surface area contributed by atoms with Crippen molar-refractivity contribution in [1.29, 1.82) is 0 Å². The van der Waals surface area contributed by atoms with E-state index in [4.69, 9.17) is 15.1 Å². The van der Waals surface area contributed by atoms with Gasteiger partial charge in [0.1, 0.15) is 5.82 Å². The number of aromatic amines is 1. The normalized spacial score (nSPS) is 12.2. The van der Waals surface area contributed by atoms with Crippen LogP contribution in [0.1, 0.15) is 63.2 Å². The highest BCUT2D eigenvalue weighted by Gasteiger charge is 2.16. The predicted octanol–water partition coefficient (Wildman–Crippen LogP) is 4.42. The van der Waals surface area contributed by atoms with Crippen LogP contribution >= 0.6 is 0 Å². The summed E-state index contributed by atoms with van der Waals surface area (Å²) in [5.41, 5.74) is 3.85. The minimum absolute atomic E-state index is 0.365. The number of benzene rings is 1. The van der Waals surface area contributed by atoms with Crippen molar-refractivity contribution < 1.29 is 0 Å². The number of hydrogen-bond donors (Lipinski definition) is 1. The zero-order chi connectivity index (χ0) is 21.6. The van der Waals surface area contributed by atoms with Crippen molar-refractivity contribution in [3.63, 3.8) is 0 Å². The Morgan fingerprint density at radius 3 is 2.58 bits per heavy atom. The fourth-order valence-corrected chi connectivity index (χ4v) is 3.45. The Hall–Kier alpha value is -3.42. The van der Waals surface area contributed by atoms with Crippen LogP contribution < -0.4 is 0 Å². The number of aryl methyl sites for hydroxylation is 1. The molecule has 0 saturated carbocycles. The van der Waals surface area contributed by atoms with Crippen molar-refractivity contribution >= 4 is 0 Å². The Kier molecular flexibility index (Phi) is 6.45. The quantitative estimate of drug-likeness (QED) is 0.433. The first-order chi connectivity index (χ1) is 15.2. The maximum Gasteiger partial charge on any atom is 0.205 e. The molecular weight excluding hydrogens is 388 g/mol. The van der Waals surface area contributed by atoms with Crippen LogP contribution in [-0.2, 0) is 13.0 Å². The molecule has 0 bridgehead atoms. The third-order valence-corrected chi connectivity index (χ3v) is 5.52. The molecule has 160 valence electrons. The summed E-state index contributed by atoms with van der Waals surface area (Å²) in [5, 5.41) is 19.2. The summed E-state index contributed by atoms with van der Waals surface area (Å²) in [6, 6.07) is 12.1. The summed E-state index contributed by atoms with van der Waals surface area (Å²) < 4.78 is 2.07. The van der Waals surface area contributed by atoms with Crippen LogP contribution in [0.3, 0.4) is 0 Å². The fourth-order valence-electron chi connectivity index (χ4n) is 3.45. The van der Waals surface area contributed by atoms with Crippen LogP contribution in [-0.4, -0.2) is 40.4 Å². The smallest absolute Gasteiger partial charge is 0.205 e. The first-order valence-electron chi connectivity index (χ1n) is 10.9. The molecule has 0 radical (unpaired) electrons. The summed E-state index contributed by atoms with van der Waals surface area (Å²) in [6.45, 7) is 7.45. The van der Waals surface area contributed by atoms with Gasteiger partial charge in [0.15, 0.2) is 5.82 Å². The Bertz CT molecular complexity index is 1100. The summed E-state index contributed by atoms with van der Waals surface area (Å²) in [7, 11) is 0. The molecule has 1 atom stereocenters. The van der Waals surface area contributed by atoms with Crippen molar-refractivity contribution in [3.05, 3.63) is 59.8 Å². The van der Waals surface area contributed by atoms with Crippen LogP contribution in [0, 0.1) is 0 Å². The van der Waals surface area contributed by atoms with E-state index in [-0.39, 0.29) is 0 Å². The van der Waals surface area contributed by atoms with Gasteiger partial charge in [-0.05, 0) is 29.7 Å². The van der Waals surface area contributed by atoms with Gasteiger partial charge in [0.05, 0.1) is 5.69 Å². The summed E-state index contributed by atoms with van der Waals surface area (Å²) >= 11 is 0. The monoisotopic (exact) mass is 416 g/mol. The molecule has 31 heavy (non-hydrogen) atoms. The molecule has 4 rings (SSSR count). The zero-order valence-corrected chi connectivity index (χ0v) is 18.3. The maximum absolute atomic E-state index is 4.85. The highest BCUT2D eigenvalue weighted by Crippen LogP contribution is 2.28. The van der Waals surface area contributed by atoms with E-state index < -0.39 is 0 Å². The number of unbranched alkanes of at least 4 members (excludes halogenated alkanes) is 1. The number of pyridine rings is 1. The highest BCUT2D eigenvalue weighted by atomic mass is 15.5. The van der Waals surface area contributed by atoms with Crippen molar-refractivity contribution in [2.45, 2.75) is 58.9 Å². The number of tetrazole rings is 1. The molecule has 0 aliphatic carbocycles. The van der Waals surface area contributed by atoms with Gasteiger partial charge in [-0.1, -0.05) is 57.5 Å². The second kappa shape index (κ2) is 9.59. The predicted molar refractivity (Wildman–Crippen MR) is 119 cm³/mol. The first kappa shape index (κ1) is 20.8. The Balaban J connectivity index is 1.58. The summed E-state index contributed by atoms with van der Waals surface area (Å²) in [5.74, 6) is 2.87. The van der Waals surface area contributed by atoms with Crippen molar-refractivity contribution in [2.75, 3.05) is 0 Å². The molecule has 1 aromatic carbocycles. The van der Waals surface area contributed by atoms with E-state index in [9.17, 15) is 0 Å². The molecule has 0 amide bonds. The van der Waals surface area contributed by atoms with E-state index in [1.807, 2.05) is 36.5 Å². The lowest BCUT2D eigenvalue weighted by molar-refractivity contribution is 0.539. The van der Waals surface area contributed by atoms with Gasteiger partial charge >= 0.3 is 0 Å². The fraction of sp³-hybridized carbons (Fsp3) is 0.391. The number of nitrogens with zero attached hydrogens (tertiary/aromatic N) is 7. The summed E-state index contributed by atoms with van der Waals surface area (Å²) in [6.07, 6.45) is 5.90. The van der Waals surface area contributed by atoms with E-state index in [0.717, 1.165) is 59.8 Å². The molecule has 0 aliphatic rings. The van der Waals surface area contributed by atoms with E-state index in [0.29, 0.717) is 18.2 Å². The van der Waals surface area contributed by atoms with Crippen LogP contribution in [0.15, 0.2) is 42.6 Å². The largest absolute Gasteiger partial charge is 0.256 e. The number of aromatic nitrogens is 8. The van der Waals surface area contributed by atoms with E-state index in [2.05, 4.69) is 52.1 Å². The Morgan fingerprint density at radius 1 is 1.06 bits per heavy atom. The average Bonchev–Trinajstić information content (AvgIpc) is 3.48. The first-order valence-corrected chi connectivity index (χ1v) is 10.9. The minimum Gasteiger partial charge on any atom is -0.256 e. The lowest BCUT2D eigenvalue weighted by Crippen LogP contribution is -2.07. The molecule has 3 heterocycles. The van der Waals surface area contributed by atoms with E-state index in [1.165, 1.54) is 0 Å². The molecule has 0 fully saturated rings. The van der Waals surface area contributed by atoms with Gasteiger partial charge in [0.25, 0.3) is 0 Å². The zero-order valence-electron chi connectivity index (χ0n) is 18.3. The number of H-pyrrole nitrogens is 1. The van der Waals surface area contributed by atoms with Gasteiger partial charge in [-0.3, -0.25) is 4.98 Å². The van der Waals surface area contributed by atoms with Crippen molar-refractivity contribution in [1.82, 2.24) is 40.4 Å². The molecule has 1 N–H and O–H groups in total. The minimum atomic E-state index is 0.365. The van der Waals surface area contributed by atoms with Gasteiger partial charge in [-0.2, -0.15) is 10.3 Å². The van der Waals surface area contributed by atoms with Crippen LogP contribution in [0.25, 0.3) is 22.6 Å². The molecular formula is C23H28N8. The van der Waals surface area contributed by atoms with E-state index in [1.54, 1.807) is 0 Å². The van der Waals surface area contributed by atoms with Crippen LogP contribution in [0.5, 0.6) is 0 Å². The third-order valence-electron chi connectivity index (χ3n) is 5.52. The molecule has 8 nitrogen and oxygen atoms in total. The van der Waals surface area contributed by atoms with Gasteiger partial charge < -0.3 is 0 Å². The maximum atomic E-state index is 4.85. The molecule has 1 unspecified atom stereocenters. The van der Waals surface area contributed by atoms with Crippen LogP contribution in [0.4, 0.5) is 0 Å². The Morgan fingerprint density at radius 2 is 1.90 bits per heavy atom. The Labute approximate surface area is 182 Å². The average molecular weight is 417 g/mol. The number of rotatable bonds is 9. The molecule has 3 aromatic heterocycles. The summed E-state index contributed by atoms with van der Waals surface area (Å²) in [4.78, 5) is 9.58. The second-order valence-corrected chi connectivity index (χ2v) is 7.78. The molecule has 0 aliphatic heterocycles. The molecule has 4 aromatic rings. The standard InChI is InChI=1S/C23H28N8/c1-4-6-13-31-21(25-22(28-31)16(3)5-2)14-17-11-12-20(24-15-17)18-9-7-8-10-19(18)23-26-29-30-27-23/h7-12,15-16H,4-6,13-14H2,1-3H3,(H,26,27,29,30). The van der Waals surface area contributed by atoms with Gasteiger partial charge in [-0.15, -0.1) is 10.2 Å². The van der Waals surface area contributed by atoms with E-state index >= 15 is 0 Å².